The van der Waals surface area contributed by atoms with Gasteiger partial charge < -0.3 is 24.0 Å². The lowest BCUT2D eigenvalue weighted by molar-refractivity contribution is -0.0592. The molecule has 1 aliphatic carbocycles. The maximum absolute atomic E-state index is 15.0. The molecule has 8 nitrogen and oxygen atoms in total. The molecule has 3 aliphatic rings. The molecule has 7 rings (SSSR count). The van der Waals surface area contributed by atoms with Gasteiger partial charge in [0.2, 0.25) is 0 Å². The van der Waals surface area contributed by atoms with Crippen LogP contribution in [0.2, 0.25) is 0 Å². The molecule has 0 bridgehead atoms. The quantitative estimate of drug-likeness (QED) is 0.252. The fourth-order valence-corrected chi connectivity index (χ4v) is 5.75. The third-order valence-electron chi connectivity index (χ3n) is 8.69. The van der Waals surface area contributed by atoms with Crippen LogP contribution in [0.15, 0.2) is 54.6 Å². The zero-order valence-corrected chi connectivity index (χ0v) is 24.8. The fourth-order valence-electron chi connectivity index (χ4n) is 5.75. The number of benzene rings is 3. The fraction of sp³-hybridized carbons (Fsp3) is 0.371. The number of hydrogen-bond donors (Lipinski definition) is 1. The summed E-state index contributed by atoms with van der Waals surface area (Å²) in [7, 11) is 0. The van der Waals surface area contributed by atoms with E-state index in [0.717, 1.165) is 42.7 Å². The number of aromatic nitrogens is 2. The van der Waals surface area contributed by atoms with Gasteiger partial charge in [-0.15, -0.1) is 0 Å². The molecule has 0 radical (unpaired) electrons. The Morgan fingerprint density at radius 3 is 2.53 bits per heavy atom. The molecule has 1 aromatic heterocycles. The number of ether oxygens (including phenoxy) is 2. The van der Waals surface area contributed by atoms with E-state index in [9.17, 15) is 18.7 Å². The van der Waals surface area contributed by atoms with Crippen LogP contribution >= 0.6 is 0 Å². The van der Waals surface area contributed by atoms with Crippen molar-refractivity contribution in [2.45, 2.75) is 45.1 Å². The molecule has 2 aliphatic heterocycles. The standard InChI is InChI=1S/C35H34F2N4O4/c36-29-9-8-27(45-22-26-6-5-24(17-30(26)37)4-3-23-1-2-23)19-32(29)40-14-12-39(13-15-40)21-34-38-31-10-7-25(35(42)43)18-33(31)41(34)20-28-11-16-44-28/h5-10,17-19,23,28H,1-2,11-16,20-22H2,(H,42,43). The molecule has 0 spiro atoms. The van der Waals surface area contributed by atoms with Crippen molar-refractivity contribution in [3.8, 4) is 17.6 Å². The maximum atomic E-state index is 15.0. The second-order valence-corrected chi connectivity index (χ2v) is 11.9. The summed E-state index contributed by atoms with van der Waals surface area (Å²) in [6.07, 6.45) is 3.29. The average Bonchev–Trinajstić information content (AvgIpc) is 3.79. The molecule has 45 heavy (non-hydrogen) atoms. The smallest absolute Gasteiger partial charge is 0.335 e. The lowest BCUT2D eigenvalue weighted by Gasteiger charge is -2.36. The number of carbonyl (C=O) groups is 1. The summed E-state index contributed by atoms with van der Waals surface area (Å²) in [6.45, 7) is 4.56. The van der Waals surface area contributed by atoms with Crippen LogP contribution in [0, 0.1) is 29.4 Å². The van der Waals surface area contributed by atoms with E-state index in [1.165, 1.54) is 12.1 Å². The molecule has 0 amide bonds. The van der Waals surface area contributed by atoms with Gasteiger partial charge in [-0.1, -0.05) is 17.9 Å². The third kappa shape index (κ3) is 6.65. The summed E-state index contributed by atoms with van der Waals surface area (Å²) in [5.74, 6) is 6.27. The lowest BCUT2D eigenvalue weighted by atomic mass is 10.1. The Labute approximate surface area is 260 Å². The number of fused-ring (bicyclic) bond motifs is 1. The topological polar surface area (TPSA) is 80.1 Å². The van der Waals surface area contributed by atoms with Crippen LogP contribution in [-0.2, 0) is 24.4 Å². The van der Waals surface area contributed by atoms with Gasteiger partial charge in [-0.25, -0.2) is 18.6 Å². The van der Waals surface area contributed by atoms with E-state index in [4.69, 9.17) is 14.5 Å². The van der Waals surface area contributed by atoms with Crippen molar-refractivity contribution >= 4 is 22.7 Å². The minimum Gasteiger partial charge on any atom is -0.489 e. The average molecular weight is 613 g/mol. The molecule has 2 saturated heterocycles. The van der Waals surface area contributed by atoms with Crippen LogP contribution in [0.25, 0.3) is 11.0 Å². The van der Waals surface area contributed by atoms with Gasteiger partial charge >= 0.3 is 5.97 Å². The summed E-state index contributed by atoms with van der Waals surface area (Å²) in [5.41, 5.74) is 3.29. The summed E-state index contributed by atoms with van der Waals surface area (Å²) in [5, 5.41) is 9.51. The van der Waals surface area contributed by atoms with Gasteiger partial charge in [0.15, 0.2) is 0 Å². The van der Waals surface area contributed by atoms with E-state index < -0.39 is 5.97 Å². The number of aromatic carboxylic acids is 1. The first kappa shape index (κ1) is 29.3. The second kappa shape index (κ2) is 12.5. The Kier molecular flexibility index (Phi) is 8.13. The third-order valence-corrected chi connectivity index (χ3v) is 8.69. The van der Waals surface area contributed by atoms with Crippen LogP contribution in [0.5, 0.6) is 5.75 Å². The molecule has 1 atom stereocenters. The molecule has 1 saturated carbocycles. The molecule has 3 heterocycles. The lowest BCUT2D eigenvalue weighted by Crippen LogP contribution is -2.46. The number of piperazine rings is 1. The van der Waals surface area contributed by atoms with E-state index >= 15 is 0 Å². The summed E-state index contributed by atoms with van der Waals surface area (Å²) >= 11 is 0. The Morgan fingerprint density at radius 1 is 1.00 bits per heavy atom. The highest BCUT2D eigenvalue weighted by atomic mass is 19.1. The summed E-state index contributed by atoms with van der Waals surface area (Å²) < 4.78 is 43.3. The number of nitrogens with zero attached hydrogens (tertiary/aromatic N) is 4. The Balaban J connectivity index is 0.995. The highest BCUT2D eigenvalue weighted by Gasteiger charge is 2.25. The highest BCUT2D eigenvalue weighted by Crippen LogP contribution is 2.29. The van der Waals surface area contributed by atoms with Crippen molar-refractivity contribution in [1.29, 1.82) is 0 Å². The second-order valence-electron chi connectivity index (χ2n) is 11.9. The van der Waals surface area contributed by atoms with Gasteiger partial charge in [0.1, 0.15) is 29.8 Å². The van der Waals surface area contributed by atoms with Gasteiger partial charge in [0.05, 0.1) is 41.5 Å². The van der Waals surface area contributed by atoms with Crippen molar-refractivity contribution < 1.29 is 28.2 Å². The first-order valence-electron chi connectivity index (χ1n) is 15.4. The minimum atomic E-state index is -0.973. The zero-order chi connectivity index (χ0) is 30.9. The Bertz CT molecular complexity index is 1800. The number of anilines is 1. The molecule has 1 unspecified atom stereocenters. The van der Waals surface area contributed by atoms with Crippen molar-refractivity contribution in [3.05, 3.63) is 88.7 Å². The molecular weight excluding hydrogens is 578 g/mol. The van der Waals surface area contributed by atoms with Crippen LogP contribution in [0.1, 0.15) is 46.6 Å². The molecule has 3 fully saturated rings. The first-order valence-corrected chi connectivity index (χ1v) is 15.4. The molecule has 4 aromatic rings. The maximum Gasteiger partial charge on any atom is 0.335 e. The SMILES string of the molecule is O=C(O)c1ccc2nc(CN3CCN(c4cc(OCc5ccc(C#CC6CC6)cc5F)ccc4F)CC3)n(CC3CCO3)c2c1. The van der Waals surface area contributed by atoms with Crippen LogP contribution < -0.4 is 9.64 Å². The van der Waals surface area contributed by atoms with Crippen LogP contribution in [-0.4, -0.2) is 64.4 Å². The van der Waals surface area contributed by atoms with E-state index in [0.29, 0.717) is 67.8 Å². The van der Waals surface area contributed by atoms with E-state index in [1.54, 1.807) is 42.5 Å². The molecule has 10 heteroatoms. The predicted molar refractivity (Wildman–Crippen MR) is 165 cm³/mol. The van der Waals surface area contributed by atoms with Crippen molar-refractivity contribution in [1.82, 2.24) is 14.5 Å². The molecule has 232 valence electrons. The van der Waals surface area contributed by atoms with Crippen LogP contribution in [0.4, 0.5) is 14.5 Å². The van der Waals surface area contributed by atoms with Gasteiger partial charge in [-0.05, 0) is 61.7 Å². The van der Waals surface area contributed by atoms with E-state index in [1.807, 2.05) is 4.90 Å². The van der Waals surface area contributed by atoms with E-state index in [-0.39, 0.29) is 29.9 Å². The van der Waals surface area contributed by atoms with Crippen LogP contribution in [0.3, 0.4) is 0 Å². The summed E-state index contributed by atoms with van der Waals surface area (Å²) in [4.78, 5) is 20.7. The van der Waals surface area contributed by atoms with Crippen molar-refractivity contribution in [2.24, 2.45) is 5.92 Å². The number of imidazole rings is 1. The predicted octanol–water partition coefficient (Wildman–Crippen LogP) is 5.46. The number of halogens is 2. The van der Waals surface area contributed by atoms with Gasteiger partial charge in [-0.2, -0.15) is 0 Å². The number of hydrogen-bond acceptors (Lipinski definition) is 6. The molecule has 3 aromatic carbocycles. The molecule has 1 N–H and O–H groups in total. The number of rotatable bonds is 9. The van der Waals surface area contributed by atoms with Gasteiger partial charge in [0, 0.05) is 55.9 Å². The Hall–Kier alpha value is -4.46. The Morgan fingerprint density at radius 2 is 1.82 bits per heavy atom. The van der Waals surface area contributed by atoms with Gasteiger partial charge in [0.25, 0.3) is 0 Å². The highest BCUT2D eigenvalue weighted by molar-refractivity contribution is 5.92. The zero-order valence-electron chi connectivity index (χ0n) is 24.8. The summed E-state index contributed by atoms with van der Waals surface area (Å²) in [6, 6.07) is 14.6. The number of carboxylic acid groups (broad SMARTS) is 1. The normalized spacial score (nSPS) is 18.4. The largest absolute Gasteiger partial charge is 0.489 e. The van der Waals surface area contributed by atoms with Crippen molar-refractivity contribution in [3.63, 3.8) is 0 Å². The van der Waals surface area contributed by atoms with Gasteiger partial charge in [-0.3, -0.25) is 4.90 Å². The number of carboxylic acids is 1. The molecular formula is C35H34F2N4O4. The van der Waals surface area contributed by atoms with E-state index in [2.05, 4.69) is 21.3 Å². The van der Waals surface area contributed by atoms with Crippen molar-refractivity contribution in [2.75, 3.05) is 37.7 Å². The first-order chi connectivity index (χ1) is 21.9. The minimum absolute atomic E-state index is 0.0296. The monoisotopic (exact) mass is 612 g/mol.